The molecule has 0 amide bonds. The lowest BCUT2D eigenvalue weighted by Gasteiger charge is -2.18. The number of rotatable bonds is 8. The van der Waals surface area contributed by atoms with Crippen molar-refractivity contribution in [2.24, 2.45) is 0 Å². The normalized spacial score (nSPS) is 11.1. The monoisotopic (exact) mass is 688 g/mol. The van der Waals surface area contributed by atoms with Crippen molar-refractivity contribution in [2.45, 2.75) is 45.2 Å². The van der Waals surface area contributed by atoms with Gasteiger partial charge in [-0.3, -0.25) is 0 Å². The zero-order chi connectivity index (χ0) is 36.1. The average Bonchev–Trinajstić information content (AvgIpc) is 3.77. The second-order valence-corrected chi connectivity index (χ2v) is 12.6. The molecule has 53 heavy (non-hydrogen) atoms. The van der Waals surface area contributed by atoms with Gasteiger partial charge in [0.15, 0.2) is 0 Å². The van der Waals surface area contributed by atoms with Crippen LogP contribution in [0.3, 0.4) is 0 Å². The summed E-state index contributed by atoms with van der Waals surface area (Å²) in [7, 11) is 0. The van der Waals surface area contributed by atoms with Crippen LogP contribution < -0.4 is 0 Å². The van der Waals surface area contributed by atoms with Gasteiger partial charge < -0.3 is 9.13 Å². The van der Waals surface area contributed by atoms with Gasteiger partial charge in [0.05, 0.1) is 28.1 Å². The summed E-state index contributed by atoms with van der Waals surface area (Å²) in [4.78, 5) is 18.2. The fraction of sp³-hybridized carbons (Fsp3) is 0.149. The van der Waals surface area contributed by atoms with E-state index >= 15 is 0 Å². The molecule has 6 heteroatoms. The summed E-state index contributed by atoms with van der Waals surface area (Å²) in [6.07, 6.45) is 6.68. The molecule has 0 N–H and O–H groups in total. The fourth-order valence-corrected chi connectivity index (χ4v) is 6.37. The molecule has 8 rings (SSSR count). The van der Waals surface area contributed by atoms with Gasteiger partial charge in [-0.05, 0) is 78.4 Å². The standard InChI is InChI=1S/C24H21N3.C23H19N3/c1-19(20-11-3-2-4-12-20)27-23-16-7-6-15-22(23)26-24(27)17-8-5-13-21-14-9-10-18-25-21;1-2-10-19(11-3-1)18-26-22-15-6-5-14-21(22)25-23(26)16-7-4-12-20-13-8-9-17-24-20/h2-4,6-7,9-12,14-16,18-19H,8,17H2,1H3;1-3,5-6,8-11,13-15,17H,7,16,18H2. The number of hydrogen-bond acceptors (Lipinski definition) is 4. The van der Waals surface area contributed by atoms with E-state index in [2.05, 4.69) is 141 Å². The van der Waals surface area contributed by atoms with Crippen LogP contribution >= 0.6 is 0 Å². The molecule has 1 unspecified atom stereocenters. The predicted octanol–water partition coefficient (Wildman–Crippen LogP) is 9.49. The van der Waals surface area contributed by atoms with Gasteiger partial charge in [-0.1, -0.05) is 109 Å². The van der Waals surface area contributed by atoms with E-state index in [1.165, 1.54) is 22.2 Å². The van der Waals surface area contributed by atoms with Gasteiger partial charge in [0.2, 0.25) is 0 Å². The van der Waals surface area contributed by atoms with Crippen LogP contribution in [0.15, 0.2) is 158 Å². The van der Waals surface area contributed by atoms with Gasteiger partial charge in [0.25, 0.3) is 0 Å². The summed E-state index contributed by atoms with van der Waals surface area (Å²) < 4.78 is 4.64. The summed E-state index contributed by atoms with van der Waals surface area (Å²) in [5.41, 5.74) is 8.58. The molecule has 0 aliphatic heterocycles. The smallest absolute Gasteiger partial charge is 0.113 e. The summed E-state index contributed by atoms with van der Waals surface area (Å²) in [6.45, 7) is 3.05. The molecule has 8 aromatic rings. The zero-order valence-electron chi connectivity index (χ0n) is 29.8. The zero-order valence-corrected chi connectivity index (χ0v) is 29.8. The molecule has 1 atom stereocenters. The molecule has 4 heterocycles. The highest BCUT2D eigenvalue weighted by Gasteiger charge is 2.16. The van der Waals surface area contributed by atoms with Crippen molar-refractivity contribution in [3.8, 4) is 23.7 Å². The Balaban J connectivity index is 0.000000164. The number of aromatic nitrogens is 6. The van der Waals surface area contributed by atoms with E-state index in [1.807, 2.05) is 54.6 Å². The van der Waals surface area contributed by atoms with E-state index in [-0.39, 0.29) is 6.04 Å². The molecule has 0 aliphatic carbocycles. The quantitative estimate of drug-likeness (QED) is 0.149. The molecule has 6 nitrogen and oxygen atoms in total. The SMILES string of the molecule is C(#Cc1ccccn1)CCc1nc2ccccc2n1Cc1ccccc1.CC(c1ccccc1)n1c(CCC#Cc2ccccn2)nc2ccccc21. The van der Waals surface area contributed by atoms with Gasteiger partial charge >= 0.3 is 0 Å². The van der Waals surface area contributed by atoms with Crippen molar-refractivity contribution >= 4 is 22.1 Å². The van der Waals surface area contributed by atoms with E-state index in [1.54, 1.807) is 12.4 Å². The van der Waals surface area contributed by atoms with Crippen LogP contribution in [0.2, 0.25) is 0 Å². The molecular formula is C47H40N6. The number of pyridine rings is 2. The van der Waals surface area contributed by atoms with Crippen molar-refractivity contribution in [3.05, 3.63) is 192 Å². The molecule has 0 radical (unpaired) electrons. The van der Waals surface area contributed by atoms with Crippen LogP contribution in [0.4, 0.5) is 0 Å². The Hall–Kier alpha value is -6.76. The van der Waals surface area contributed by atoms with Gasteiger partial charge in [-0.25, -0.2) is 19.9 Å². The van der Waals surface area contributed by atoms with Crippen LogP contribution in [-0.4, -0.2) is 29.1 Å². The lowest BCUT2D eigenvalue weighted by molar-refractivity contribution is 0.618. The topological polar surface area (TPSA) is 61.4 Å². The summed E-state index contributed by atoms with van der Waals surface area (Å²) in [5.74, 6) is 14.9. The maximum Gasteiger partial charge on any atom is 0.113 e. The minimum atomic E-state index is 0.220. The molecule has 0 fully saturated rings. The van der Waals surface area contributed by atoms with Gasteiger partial charge in [-0.15, -0.1) is 0 Å². The average molecular weight is 689 g/mol. The van der Waals surface area contributed by atoms with Crippen molar-refractivity contribution in [1.82, 2.24) is 29.1 Å². The molecule has 0 saturated heterocycles. The van der Waals surface area contributed by atoms with E-state index < -0.39 is 0 Å². The third kappa shape index (κ3) is 8.95. The van der Waals surface area contributed by atoms with E-state index in [4.69, 9.17) is 9.97 Å². The highest BCUT2D eigenvalue weighted by Crippen LogP contribution is 2.26. The summed E-state index contributed by atoms with van der Waals surface area (Å²) in [6, 6.07) is 49.5. The predicted molar refractivity (Wildman–Crippen MR) is 214 cm³/mol. The molecule has 258 valence electrons. The van der Waals surface area contributed by atoms with Crippen LogP contribution in [0.1, 0.15) is 60.0 Å². The molecule has 0 aliphatic rings. The molecule has 0 saturated carbocycles. The van der Waals surface area contributed by atoms with Crippen LogP contribution in [0, 0.1) is 23.7 Å². The second-order valence-electron chi connectivity index (χ2n) is 12.6. The number of fused-ring (bicyclic) bond motifs is 2. The number of imidazole rings is 2. The van der Waals surface area contributed by atoms with Gasteiger partial charge in [0, 0.05) is 44.6 Å². The first-order valence-corrected chi connectivity index (χ1v) is 18.0. The number of para-hydroxylation sites is 4. The minimum Gasteiger partial charge on any atom is -0.323 e. The van der Waals surface area contributed by atoms with E-state index in [9.17, 15) is 0 Å². The Morgan fingerprint density at radius 2 is 1.04 bits per heavy atom. The summed E-state index contributed by atoms with van der Waals surface area (Å²) >= 11 is 0. The van der Waals surface area contributed by atoms with Crippen molar-refractivity contribution < 1.29 is 0 Å². The first-order chi connectivity index (χ1) is 26.2. The largest absolute Gasteiger partial charge is 0.323 e. The van der Waals surface area contributed by atoms with Crippen molar-refractivity contribution in [2.75, 3.05) is 0 Å². The number of nitrogens with zero attached hydrogens (tertiary/aromatic N) is 6. The van der Waals surface area contributed by atoms with Gasteiger partial charge in [-0.2, -0.15) is 0 Å². The van der Waals surface area contributed by atoms with E-state index in [0.717, 1.165) is 66.3 Å². The van der Waals surface area contributed by atoms with Gasteiger partial charge in [0.1, 0.15) is 23.0 Å². The first kappa shape index (κ1) is 34.7. The van der Waals surface area contributed by atoms with Crippen LogP contribution in [0.25, 0.3) is 22.1 Å². The van der Waals surface area contributed by atoms with Crippen molar-refractivity contribution in [3.63, 3.8) is 0 Å². The molecule has 4 aromatic carbocycles. The first-order valence-electron chi connectivity index (χ1n) is 18.0. The third-order valence-electron chi connectivity index (χ3n) is 8.97. The van der Waals surface area contributed by atoms with E-state index in [0.29, 0.717) is 0 Å². The highest BCUT2D eigenvalue weighted by atomic mass is 15.1. The number of benzene rings is 4. The fourth-order valence-electron chi connectivity index (χ4n) is 6.37. The Bertz CT molecular complexity index is 2500. The minimum absolute atomic E-state index is 0.220. The summed E-state index contributed by atoms with van der Waals surface area (Å²) in [5, 5.41) is 0. The van der Waals surface area contributed by atoms with Crippen LogP contribution in [0.5, 0.6) is 0 Å². The maximum atomic E-state index is 4.88. The Morgan fingerprint density at radius 3 is 1.66 bits per heavy atom. The molecular weight excluding hydrogens is 649 g/mol. The number of aryl methyl sites for hydroxylation is 2. The number of hydrogen-bond donors (Lipinski definition) is 0. The highest BCUT2D eigenvalue weighted by molar-refractivity contribution is 5.77. The second kappa shape index (κ2) is 17.4. The Labute approximate surface area is 311 Å². The molecule has 0 bridgehead atoms. The Morgan fingerprint density at radius 1 is 0.528 bits per heavy atom. The molecule has 0 spiro atoms. The molecule has 4 aromatic heterocycles. The van der Waals surface area contributed by atoms with Crippen molar-refractivity contribution in [1.29, 1.82) is 0 Å². The maximum absolute atomic E-state index is 4.88. The third-order valence-corrected chi connectivity index (χ3v) is 8.97. The Kier molecular flexibility index (Phi) is 11.4. The lowest BCUT2D eigenvalue weighted by Crippen LogP contribution is -2.10. The van der Waals surface area contributed by atoms with Crippen LogP contribution in [-0.2, 0) is 19.4 Å². The lowest BCUT2D eigenvalue weighted by atomic mass is 10.1.